The molecule has 2 amide bonds. The fraction of sp³-hybridized carbons (Fsp3) is 0.350. The van der Waals surface area contributed by atoms with Crippen LogP contribution in [0.4, 0.5) is 24.5 Å². The highest BCUT2D eigenvalue weighted by molar-refractivity contribution is 6.31. The Morgan fingerprint density at radius 3 is 2.65 bits per heavy atom. The number of aromatic nitrogens is 2. The molecule has 0 aliphatic carbocycles. The zero-order valence-electron chi connectivity index (χ0n) is 16.7. The Labute approximate surface area is 181 Å². The Hall–Kier alpha value is -2.85. The van der Waals surface area contributed by atoms with E-state index in [2.05, 4.69) is 15.7 Å². The number of carbonyl (C=O) groups excluding carboxylic acids is 2. The van der Waals surface area contributed by atoms with Gasteiger partial charge in [-0.3, -0.25) is 14.3 Å². The molecule has 1 atom stereocenters. The summed E-state index contributed by atoms with van der Waals surface area (Å²) in [6, 6.07) is 3.14. The van der Waals surface area contributed by atoms with Crippen LogP contribution in [0.3, 0.4) is 0 Å². The number of rotatable bonds is 5. The Morgan fingerprint density at radius 1 is 1.32 bits per heavy atom. The van der Waals surface area contributed by atoms with Crippen molar-refractivity contribution in [2.75, 3.05) is 17.2 Å². The summed E-state index contributed by atoms with van der Waals surface area (Å²) in [7, 11) is 1.63. The summed E-state index contributed by atoms with van der Waals surface area (Å²) < 4.78 is 47.3. The molecule has 2 aromatic rings. The molecule has 1 aromatic carbocycles. The van der Waals surface area contributed by atoms with Crippen LogP contribution in [-0.2, 0) is 27.5 Å². The van der Waals surface area contributed by atoms with Crippen LogP contribution in [0.25, 0.3) is 6.08 Å². The SMILES string of the molecule is Cc1nn(C)c(Cl)c1/C=C/C(=O)Nc1ccc(NC(=O)C2CCCO2)cc1C(F)(F)F. The predicted molar refractivity (Wildman–Crippen MR) is 110 cm³/mol. The van der Waals surface area contributed by atoms with E-state index in [-0.39, 0.29) is 5.69 Å². The van der Waals surface area contributed by atoms with Crippen molar-refractivity contribution in [1.82, 2.24) is 9.78 Å². The van der Waals surface area contributed by atoms with Crippen molar-refractivity contribution in [2.24, 2.45) is 7.05 Å². The van der Waals surface area contributed by atoms with E-state index < -0.39 is 35.3 Å². The molecule has 0 spiro atoms. The second kappa shape index (κ2) is 9.11. The second-order valence-corrected chi connectivity index (χ2v) is 7.34. The molecule has 1 unspecified atom stereocenters. The number of aryl methyl sites for hydroxylation is 2. The van der Waals surface area contributed by atoms with Gasteiger partial charge in [-0.25, -0.2) is 0 Å². The fourth-order valence-corrected chi connectivity index (χ4v) is 3.38. The van der Waals surface area contributed by atoms with Gasteiger partial charge < -0.3 is 15.4 Å². The molecule has 1 aliphatic rings. The van der Waals surface area contributed by atoms with Gasteiger partial charge in [0.2, 0.25) is 5.91 Å². The standard InChI is InChI=1S/C20H20ClF3N4O3/c1-11-13(18(21)28(2)27-11)6-8-17(29)26-15-7-5-12(10-14(15)20(22,23)24)25-19(30)16-4-3-9-31-16/h5-8,10,16H,3-4,9H2,1-2H3,(H,25,30)(H,26,29)/b8-6+. The summed E-state index contributed by atoms with van der Waals surface area (Å²) >= 11 is 6.07. The number of nitrogens with zero attached hydrogens (tertiary/aromatic N) is 2. The zero-order chi connectivity index (χ0) is 22.8. The summed E-state index contributed by atoms with van der Waals surface area (Å²) in [5, 5.41) is 9.02. The van der Waals surface area contributed by atoms with Gasteiger partial charge in [-0.2, -0.15) is 18.3 Å². The lowest BCUT2D eigenvalue weighted by molar-refractivity contribution is -0.137. The van der Waals surface area contributed by atoms with Crippen LogP contribution in [0.5, 0.6) is 0 Å². The number of nitrogens with one attached hydrogen (secondary N) is 2. The van der Waals surface area contributed by atoms with Gasteiger partial charge in [0.25, 0.3) is 5.91 Å². The third-order valence-electron chi connectivity index (χ3n) is 4.67. The minimum absolute atomic E-state index is 0.0425. The first-order valence-corrected chi connectivity index (χ1v) is 9.76. The second-order valence-electron chi connectivity index (χ2n) is 6.99. The lowest BCUT2D eigenvalue weighted by Gasteiger charge is -2.16. The average molecular weight is 457 g/mol. The smallest absolute Gasteiger partial charge is 0.368 e. The van der Waals surface area contributed by atoms with Gasteiger partial charge >= 0.3 is 6.18 Å². The number of benzene rings is 1. The third kappa shape index (κ3) is 5.45. The number of ether oxygens (including phenoxy) is 1. The maximum Gasteiger partial charge on any atom is 0.418 e. The van der Waals surface area contributed by atoms with Crippen LogP contribution in [0.2, 0.25) is 5.15 Å². The van der Waals surface area contributed by atoms with Crippen LogP contribution in [0.15, 0.2) is 24.3 Å². The Bertz CT molecular complexity index is 1030. The number of carbonyl (C=O) groups is 2. The molecule has 2 heterocycles. The molecule has 3 rings (SSSR count). The molecule has 7 nitrogen and oxygen atoms in total. The van der Waals surface area contributed by atoms with Crippen molar-refractivity contribution in [3.63, 3.8) is 0 Å². The molecular weight excluding hydrogens is 437 g/mol. The van der Waals surface area contributed by atoms with Gasteiger partial charge in [0, 0.05) is 31.0 Å². The van der Waals surface area contributed by atoms with Crippen molar-refractivity contribution in [1.29, 1.82) is 0 Å². The fourth-order valence-electron chi connectivity index (χ4n) is 3.14. The molecule has 1 aromatic heterocycles. The van der Waals surface area contributed by atoms with Crippen LogP contribution in [0, 0.1) is 6.92 Å². The van der Waals surface area contributed by atoms with Crippen molar-refractivity contribution in [2.45, 2.75) is 32.0 Å². The normalized spacial score (nSPS) is 16.6. The summed E-state index contributed by atoms with van der Waals surface area (Å²) in [6.07, 6.45) is -1.75. The van der Waals surface area contributed by atoms with Gasteiger partial charge in [0.05, 0.1) is 16.9 Å². The van der Waals surface area contributed by atoms with Gasteiger partial charge in [0.1, 0.15) is 11.3 Å². The van der Waals surface area contributed by atoms with Crippen molar-refractivity contribution >= 4 is 40.9 Å². The number of hydrogen-bond acceptors (Lipinski definition) is 4. The van der Waals surface area contributed by atoms with E-state index in [4.69, 9.17) is 16.3 Å². The van der Waals surface area contributed by atoms with E-state index >= 15 is 0 Å². The number of hydrogen-bond donors (Lipinski definition) is 2. The summed E-state index contributed by atoms with van der Waals surface area (Å²) in [5.41, 5.74) is -0.512. The highest BCUT2D eigenvalue weighted by Crippen LogP contribution is 2.37. The molecule has 1 fully saturated rings. The van der Waals surface area contributed by atoms with E-state index in [1.807, 2.05) is 0 Å². The van der Waals surface area contributed by atoms with Gasteiger partial charge in [-0.05, 0) is 44.0 Å². The maximum absolute atomic E-state index is 13.5. The first kappa shape index (κ1) is 22.8. The molecule has 11 heteroatoms. The molecule has 1 saturated heterocycles. The Balaban J connectivity index is 1.77. The van der Waals surface area contributed by atoms with Crippen molar-refractivity contribution in [3.05, 3.63) is 46.2 Å². The van der Waals surface area contributed by atoms with Crippen molar-refractivity contribution in [3.8, 4) is 0 Å². The quantitative estimate of drug-likeness (QED) is 0.661. The molecule has 166 valence electrons. The maximum atomic E-state index is 13.5. The van der Waals surface area contributed by atoms with Crippen LogP contribution in [0.1, 0.15) is 29.7 Å². The Morgan fingerprint density at radius 2 is 2.06 bits per heavy atom. The molecule has 0 bridgehead atoms. The molecular formula is C20H20ClF3N4O3. The van der Waals surface area contributed by atoms with E-state index in [0.29, 0.717) is 35.9 Å². The highest BCUT2D eigenvalue weighted by atomic mass is 35.5. The van der Waals surface area contributed by atoms with Crippen LogP contribution < -0.4 is 10.6 Å². The number of alkyl halides is 3. The minimum Gasteiger partial charge on any atom is -0.368 e. The molecule has 0 saturated carbocycles. The van der Waals surface area contributed by atoms with Gasteiger partial charge in [0.15, 0.2) is 0 Å². The van der Waals surface area contributed by atoms with Crippen molar-refractivity contribution < 1.29 is 27.5 Å². The highest BCUT2D eigenvalue weighted by Gasteiger charge is 2.34. The predicted octanol–water partition coefficient (Wildman–Crippen LogP) is 4.17. The van der Waals surface area contributed by atoms with Crippen LogP contribution in [-0.4, -0.2) is 34.3 Å². The van der Waals surface area contributed by atoms with Crippen LogP contribution >= 0.6 is 11.6 Å². The molecule has 31 heavy (non-hydrogen) atoms. The topological polar surface area (TPSA) is 85.3 Å². The monoisotopic (exact) mass is 456 g/mol. The number of amides is 2. The lowest BCUT2D eigenvalue weighted by Crippen LogP contribution is -2.27. The third-order valence-corrected chi connectivity index (χ3v) is 5.12. The first-order chi connectivity index (χ1) is 14.6. The Kier molecular flexibility index (Phi) is 6.71. The zero-order valence-corrected chi connectivity index (χ0v) is 17.5. The van der Waals surface area contributed by atoms with Gasteiger partial charge in [-0.1, -0.05) is 11.6 Å². The average Bonchev–Trinajstić information content (AvgIpc) is 3.30. The lowest BCUT2D eigenvalue weighted by atomic mass is 10.1. The van der Waals surface area contributed by atoms with E-state index in [1.54, 1.807) is 14.0 Å². The summed E-state index contributed by atoms with van der Waals surface area (Å²) in [5.74, 6) is -1.28. The van der Waals surface area contributed by atoms with E-state index in [0.717, 1.165) is 18.2 Å². The summed E-state index contributed by atoms with van der Waals surface area (Å²) in [6.45, 7) is 2.13. The largest absolute Gasteiger partial charge is 0.418 e. The number of halogens is 4. The molecule has 1 aliphatic heterocycles. The number of anilines is 2. The van der Waals surface area contributed by atoms with E-state index in [9.17, 15) is 22.8 Å². The summed E-state index contributed by atoms with van der Waals surface area (Å²) in [4.78, 5) is 24.3. The molecule has 0 radical (unpaired) electrons. The molecule has 2 N–H and O–H groups in total. The van der Waals surface area contributed by atoms with E-state index in [1.165, 1.54) is 16.8 Å². The van der Waals surface area contributed by atoms with Gasteiger partial charge in [-0.15, -0.1) is 0 Å². The first-order valence-electron chi connectivity index (χ1n) is 9.38. The minimum atomic E-state index is -4.75.